The first kappa shape index (κ1) is 16.1. The minimum atomic E-state index is -0.887. The fourth-order valence-corrected chi connectivity index (χ4v) is 2.41. The molecule has 0 aliphatic rings. The van der Waals surface area contributed by atoms with Crippen molar-refractivity contribution in [1.29, 1.82) is 0 Å². The van der Waals surface area contributed by atoms with Crippen molar-refractivity contribution < 1.29 is 14.6 Å². The predicted molar refractivity (Wildman–Crippen MR) is 76.1 cm³/mol. The zero-order chi connectivity index (χ0) is 14.6. The largest absolute Gasteiger partial charge is 0.495 e. The number of carbonyl (C=O) groups is 1. The molecule has 106 valence electrons. The van der Waals surface area contributed by atoms with Crippen LogP contribution in [0.15, 0.2) is 12.1 Å². The lowest BCUT2D eigenvalue weighted by molar-refractivity contribution is -0.140. The predicted octanol–water partition coefficient (Wildman–Crippen LogP) is 3.20. The van der Waals surface area contributed by atoms with Crippen LogP contribution in [0.3, 0.4) is 0 Å². The number of nitrogens with one attached hydrogen (secondary N) is 1. The van der Waals surface area contributed by atoms with E-state index >= 15 is 0 Å². The summed E-state index contributed by atoms with van der Waals surface area (Å²) in [5, 5.41) is 13.0. The van der Waals surface area contributed by atoms with E-state index in [0.29, 0.717) is 22.3 Å². The van der Waals surface area contributed by atoms with Gasteiger partial charge in [-0.25, -0.2) is 0 Å². The van der Waals surface area contributed by atoms with E-state index in [1.54, 1.807) is 12.1 Å². The summed E-state index contributed by atoms with van der Waals surface area (Å²) in [4.78, 5) is 11.1. The third kappa shape index (κ3) is 4.27. The quantitative estimate of drug-likeness (QED) is 0.847. The third-order valence-corrected chi connectivity index (χ3v) is 3.23. The first-order valence-corrected chi connectivity index (χ1v) is 6.60. The van der Waals surface area contributed by atoms with E-state index in [0.717, 1.165) is 5.56 Å². The minimum absolute atomic E-state index is 0.0295. The monoisotopic (exact) mass is 305 g/mol. The van der Waals surface area contributed by atoms with Crippen LogP contribution in [0.2, 0.25) is 10.0 Å². The van der Waals surface area contributed by atoms with Crippen molar-refractivity contribution in [2.75, 3.05) is 7.11 Å². The molecular formula is C13H17Cl2NO3. The maximum atomic E-state index is 11.1. The van der Waals surface area contributed by atoms with Crippen LogP contribution in [0.25, 0.3) is 0 Å². The molecule has 0 amide bonds. The Morgan fingerprint density at radius 2 is 2.05 bits per heavy atom. The molecule has 0 unspecified atom stereocenters. The number of ether oxygens (including phenoxy) is 1. The molecule has 1 rings (SSSR count). The topological polar surface area (TPSA) is 58.6 Å². The highest BCUT2D eigenvalue weighted by atomic mass is 35.5. The summed E-state index contributed by atoms with van der Waals surface area (Å²) in [5.41, 5.74) is 0.729. The highest BCUT2D eigenvalue weighted by Gasteiger charge is 2.21. The summed E-state index contributed by atoms with van der Waals surface area (Å²) >= 11 is 12.0. The standard InChI is InChI=1S/C13H17Cl2NO3/c1-7(2)11(13(17)18)16-6-8-4-9(14)5-10(15)12(8)19-3/h4-5,7,11,16H,6H2,1-3H3,(H,17,18)/t11-/m1/s1. The van der Waals surface area contributed by atoms with Gasteiger partial charge in [-0.2, -0.15) is 0 Å². The number of halogens is 2. The number of aliphatic carboxylic acids is 1. The highest BCUT2D eigenvalue weighted by Crippen LogP contribution is 2.32. The summed E-state index contributed by atoms with van der Waals surface area (Å²) in [6.07, 6.45) is 0. The fraction of sp³-hybridized carbons (Fsp3) is 0.462. The second-order valence-corrected chi connectivity index (χ2v) is 5.36. The van der Waals surface area contributed by atoms with Gasteiger partial charge in [-0.15, -0.1) is 0 Å². The molecule has 4 nitrogen and oxygen atoms in total. The molecule has 0 aliphatic heterocycles. The number of carboxylic acids is 1. The van der Waals surface area contributed by atoms with Crippen molar-refractivity contribution in [3.8, 4) is 5.75 Å². The Labute approximate surface area is 122 Å². The van der Waals surface area contributed by atoms with Crippen LogP contribution >= 0.6 is 23.2 Å². The molecule has 0 saturated carbocycles. The Morgan fingerprint density at radius 1 is 1.42 bits per heavy atom. The van der Waals surface area contributed by atoms with Gasteiger partial charge >= 0.3 is 5.97 Å². The molecule has 2 N–H and O–H groups in total. The molecule has 1 atom stereocenters. The van der Waals surface area contributed by atoms with Crippen molar-refractivity contribution in [3.63, 3.8) is 0 Å². The second-order valence-electron chi connectivity index (χ2n) is 4.52. The molecule has 19 heavy (non-hydrogen) atoms. The molecule has 0 spiro atoms. The van der Waals surface area contributed by atoms with E-state index in [2.05, 4.69) is 5.32 Å². The van der Waals surface area contributed by atoms with Gasteiger partial charge in [0.25, 0.3) is 0 Å². The Bertz CT molecular complexity index is 463. The van der Waals surface area contributed by atoms with Gasteiger partial charge in [0.05, 0.1) is 12.1 Å². The second kappa shape index (κ2) is 6.98. The Hall–Kier alpha value is -0.970. The fourth-order valence-electron chi connectivity index (χ4n) is 1.80. The van der Waals surface area contributed by atoms with Gasteiger partial charge < -0.3 is 9.84 Å². The minimum Gasteiger partial charge on any atom is -0.495 e. The number of hydrogen-bond acceptors (Lipinski definition) is 3. The van der Waals surface area contributed by atoms with Crippen molar-refractivity contribution >= 4 is 29.2 Å². The highest BCUT2D eigenvalue weighted by molar-refractivity contribution is 6.35. The summed E-state index contributed by atoms with van der Waals surface area (Å²) in [6.45, 7) is 4.00. The van der Waals surface area contributed by atoms with Crippen LogP contribution < -0.4 is 10.1 Å². The maximum absolute atomic E-state index is 11.1. The zero-order valence-electron chi connectivity index (χ0n) is 11.0. The van der Waals surface area contributed by atoms with Gasteiger partial charge in [-0.05, 0) is 18.1 Å². The number of rotatable bonds is 6. The molecule has 0 bridgehead atoms. The van der Waals surface area contributed by atoms with Crippen LogP contribution in [0, 0.1) is 5.92 Å². The van der Waals surface area contributed by atoms with Crippen LogP contribution in [0.4, 0.5) is 0 Å². The van der Waals surface area contributed by atoms with Gasteiger partial charge in [-0.3, -0.25) is 10.1 Å². The van der Waals surface area contributed by atoms with Crippen LogP contribution in [-0.4, -0.2) is 24.2 Å². The smallest absolute Gasteiger partial charge is 0.320 e. The summed E-state index contributed by atoms with van der Waals surface area (Å²) < 4.78 is 5.21. The lowest BCUT2D eigenvalue weighted by Gasteiger charge is -2.19. The average Bonchev–Trinajstić information content (AvgIpc) is 2.27. The van der Waals surface area contributed by atoms with Crippen LogP contribution in [0.1, 0.15) is 19.4 Å². The van der Waals surface area contributed by atoms with Crippen molar-refractivity contribution in [3.05, 3.63) is 27.7 Å². The zero-order valence-corrected chi connectivity index (χ0v) is 12.5. The molecule has 0 aliphatic carbocycles. The number of hydrogen-bond donors (Lipinski definition) is 2. The van der Waals surface area contributed by atoms with E-state index in [1.165, 1.54) is 7.11 Å². The molecule has 1 aromatic carbocycles. The molecule has 0 aromatic heterocycles. The van der Waals surface area contributed by atoms with Crippen LogP contribution in [-0.2, 0) is 11.3 Å². The van der Waals surface area contributed by atoms with Gasteiger partial charge in [0.15, 0.2) is 0 Å². The normalized spacial score (nSPS) is 12.5. The number of benzene rings is 1. The molecular weight excluding hydrogens is 289 g/mol. The molecule has 0 fully saturated rings. The van der Waals surface area contributed by atoms with E-state index in [9.17, 15) is 4.79 Å². The van der Waals surface area contributed by atoms with Crippen molar-refractivity contribution in [2.45, 2.75) is 26.4 Å². The van der Waals surface area contributed by atoms with Gasteiger partial charge in [-0.1, -0.05) is 37.0 Å². The van der Waals surface area contributed by atoms with Gasteiger partial charge in [0, 0.05) is 17.1 Å². The van der Waals surface area contributed by atoms with Crippen molar-refractivity contribution in [2.24, 2.45) is 5.92 Å². The maximum Gasteiger partial charge on any atom is 0.320 e. The Morgan fingerprint density at radius 3 is 2.53 bits per heavy atom. The lowest BCUT2D eigenvalue weighted by atomic mass is 10.0. The molecule has 0 saturated heterocycles. The molecule has 1 aromatic rings. The molecule has 0 heterocycles. The number of carboxylic acid groups (broad SMARTS) is 1. The van der Waals surface area contributed by atoms with Gasteiger partial charge in [0.2, 0.25) is 0 Å². The van der Waals surface area contributed by atoms with E-state index in [1.807, 2.05) is 13.8 Å². The molecule has 6 heteroatoms. The average molecular weight is 306 g/mol. The number of methoxy groups -OCH3 is 1. The SMILES string of the molecule is COc1c(Cl)cc(Cl)cc1CN[C@@H](C(=O)O)C(C)C. The van der Waals surface area contributed by atoms with Crippen molar-refractivity contribution in [1.82, 2.24) is 5.32 Å². The van der Waals surface area contributed by atoms with Gasteiger partial charge in [0.1, 0.15) is 11.8 Å². The first-order chi connectivity index (χ1) is 8.86. The first-order valence-electron chi connectivity index (χ1n) is 5.85. The third-order valence-electron chi connectivity index (χ3n) is 2.73. The van der Waals surface area contributed by atoms with E-state index in [4.69, 9.17) is 33.0 Å². The summed E-state index contributed by atoms with van der Waals surface area (Å²) in [5.74, 6) is -0.410. The lowest BCUT2D eigenvalue weighted by Crippen LogP contribution is -2.40. The van der Waals surface area contributed by atoms with Crippen LogP contribution in [0.5, 0.6) is 5.75 Å². The molecule has 0 radical (unpaired) electrons. The van der Waals surface area contributed by atoms with E-state index < -0.39 is 12.0 Å². The summed E-state index contributed by atoms with van der Waals surface area (Å²) in [7, 11) is 1.51. The Balaban J connectivity index is 2.90. The van der Waals surface area contributed by atoms with E-state index in [-0.39, 0.29) is 5.92 Å². The Kier molecular flexibility index (Phi) is 5.91. The summed E-state index contributed by atoms with van der Waals surface area (Å²) in [6, 6.07) is 2.66.